The number of hydrogen-bond acceptors (Lipinski definition) is 7. The molecule has 1 aliphatic heterocycles. The van der Waals surface area contributed by atoms with Crippen molar-refractivity contribution in [2.45, 2.75) is 44.0 Å². The van der Waals surface area contributed by atoms with E-state index in [4.69, 9.17) is 0 Å². The number of aliphatic carboxylic acids is 1. The Kier molecular flexibility index (Phi) is 10.3. The van der Waals surface area contributed by atoms with Crippen molar-refractivity contribution >= 4 is 51.5 Å². The van der Waals surface area contributed by atoms with Crippen molar-refractivity contribution in [1.29, 1.82) is 0 Å². The second kappa shape index (κ2) is 13.4. The van der Waals surface area contributed by atoms with E-state index in [-0.39, 0.29) is 21.9 Å². The molecule has 0 spiro atoms. The Labute approximate surface area is 224 Å². The Morgan fingerprint density at radius 1 is 0.946 bits per heavy atom. The molecule has 10 heteroatoms. The van der Waals surface area contributed by atoms with E-state index in [1.165, 1.54) is 4.90 Å². The van der Waals surface area contributed by atoms with Crippen LogP contribution >= 0.6 is 23.5 Å². The van der Waals surface area contributed by atoms with Gasteiger partial charge in [0.25, 0.3) is 0 Å². The number of carbonyl (C=O) groups is 5. The van der Waals surface area contributed by atoms with Gasteiger partial charge in [-0.15, -0.1) is 0 Å². The number of carboxylic acid groups (broad SMARTS) is 1. The highest BCUT2D eigenvalue weighted by molar-refractivity contribution is 8.18. The highest BCUT2D eigenvalue weighted by Gasteiger charge is 2.39. The van der Waals surface area contributed by atoms with Gasteiger partial charge < -0.3 is 15.3 Å². The largest absolute Gasteiger partial charge is 0.480 e. The Bertz CT molecular complexity index is 1130. The molecule has 0 radical (unpaired) electrons. The lowest BCUT2D eigenvalue weighted by Gasteiger charge is -2.30. The molecule has 1 aliphatic rings. The first-order valence-electron chi connectivity index (χ1n) is 12.0. The van der Waals surface area contributed by atoms with Gasteiger partial charge in [0.15, 0.2) is 0 Å². The van der Waals surface area contributed by atoms with Gasteiger partial charge >= 0.3 is 5.97 Å². The molecule has 0 aromatic heterocycles. The molecule has 0 bridgehead atoms. The van der Waals surface area contributed by atoms with E-state index in [0.717, 1.165) is 23.5 Å². The maximum absolute atomic E-state index is 13.4. The summed E-state index contributed by atoms with van der Waals surface area (Å²) in [5, 5.41) is 10.7. The first kappa shape index (κ1) is 28.5. The maximum Gasteiger partial charge on any atom is 0.326 e. The van der Waals surface area contributed by atoms with Crippen molar-refractivity contribution in [2.75, 3.05) is 12.3 Å². The highest BCUT2D eigenvalue weighted by Crippen LogP contribution is 2.25. The highest BCUT2D eigenvalue weighted by atomic mass is 32.2. The Balaban J connectivity index is 1.77. The predicted molar refractivity (Wildman–Crippen MR) is 145 cm³/mol. The minimum Gasteiger partial charge on any atom is -0.480 e. The van der Waals surface area contributed by atoms with Gasteiger partial charge in [-0.3, -0.25) is 19.2 Å². The van der Waals surface area contributed by atoms with Crippen LogP contribution in [0.3, 0.4) is 0 Å². The summed E-state index contributed by atoms with van der Waals surface area (Å²) < 4.78 is 0. The summed E-state index contributed by atoms with van der Waals surface area (Å²) in [7, 11) is 0. The molecule has 2 aromatic carbocycles. The topological polar surface area (TPSA) is 121 Å². The molecular weight excluding hydrogens is 512 g/mol. The molecule has 37 heavy (non-hydrogen) atoms. The molecular formula is C27H30N2O6S2. The summed E-state index contributed by atoms with van der Waals surface area (Å²) in [6.07, 6.45) is 0.936. The SMILES string of the molecule is CC(C)[C@H](NC(=O)[C@@H](CSC(=O)c1ccccc1)SC(=O)c1ccccc1)C(=O)N1CCC[C@H]1C(=O)O. The van der Waals surface area contributed by atoms with Gasteiger partial charge in [0.1, 0.15) is 17.3 Å². The van der Waals surface area contributed by atoms with Crippen LogP contribution in [0, 0.1) is 5.92 Å². The average molecular weight is 543 g/mol. The lowest BCUT2D eigenvalue weighted by Crippen LogP contribution is -2.55. The molecule has 0 unspecified atom stereocenters. The van der Waals surface area contributed by atoms with E-state index < -0.39 is 35.1 Å². The third-order valence-electron chi connectivity index (χ3n) is 5.98. The van der Waals surface area contributed by atoms with Crippen molar-refractivity contribution in [1.82, 2.24) is 10.2 Å². The number of carboxylic acids is 1. The molecule has 3 atom stereocenters. The fraction of sp³-hybridized carbons (Fsp3) is 0.370. The summed E-state index contributed by atoms with van der Waals surface area (Å²) in [4.78, 5) is 65.2. The number of nitrogens with zero attached hydrogens (tertiary/aromatic N) is 1. The lowest BCUT2D eigenvalue weighted by molar-refractivity contribution is -0.149. The van der Waals surface area contributed by atoms with Crippen LogP contribution in [0.1, 0.15) is 47.4 Å². The van der Waals surface area contributed by atoms with Crippen LogP contribution in [-0.4, -0.2) is 67.7 Å². The fourth-order valence-corrected chi connectivity index (χ4v) is 5.91. The quantitative estimate of drug-likeness (QED) is 0.466. The molecule has 0 saturated carbocycles. The zero-order valence-corrected chi connectivity index (χ0v) is 22.3. The Hall–Kier alpha value is -3.11. The summed E-state index contributed by atoms with van der Waals surface area (Å²) in [6, 6.07) is 15.3. The standard InChI is InChI=1S/C27H30N2O6S2/c1-17(2)22(24(31)29-15-9-14-20(29)25(32)33)28-23(30)21(37-27(35)19-12-7-4-8-13-19)16-36-26(34)18-10-5-3-6-11-18/h3-8,10-13,17,20-22H,9,14-16H2,1-2H3,(H,28,30)(H,32,33)/t20-,21+,22-/m0/s1. The van der Waals surface area contributed by atoms with Gasteiger partial charge in [0.2, 0.25) is 22.0 Å². The van der Waals surface area contributed by atoms with Crippen LogP contribution in [-0.2, 0) is 14.4 Å². The number of carbonyl (C=O) groups excluding carboxylic acids is 4. The smallest absolute Gasteiger partial charge is 0.326 e. The van der Waals surface area contributed by atoms with Gasteiger partial charge in [-0.05, 0) is 18.8 Å². The number of nitrogens with one attached hydrogen (secondary N) is 1. The van der Waals surface area contributed by atoms with E-state index >= 15 is 0 Å². The molecule has 8 nitrogen and oxygen atoms in total. The third kappa shape index (κ3) is 7.69. The minimum atomic E-state index is -1.07. The number of thioether (sulfide) groups is 2. The van der Waals surface area contributed by atoms with Crippen LogP contribution in [0.25, 0.3) is 0 Å². The maximum atomic E-state index is 13.4. The van der Waals surface area contributed by atoms with Gasteiger partial charge in [0.05, 0.1) is 0 Å². The van der Waals surface area contributed by atoms with Crippen LogP contribution in [0.15, 0.2) is 60.7 Å². The monoisotopic (exact) mass is 542 g/mol. The van der Waals surface area contributed by atoms with Gasteiger partial charge in [0, 0.05) is 23.4 Å². The lowest BCUT2D eigenvalue weighted by atomic mass is 10.0. The van der Waals surface area contributed by atoms with E-state index in [0.29, 0.717) is 30.5 Å². The molecule has 1 saturated heterocycles. The molecule has 0 aliphatic carbocycles. The summed E-state index contributed by atoms with van der Waals surface area (Å²) in [6.45, 7) is 3.83. The zero-order valence-electron chi connectivity index (χ0n) is 20.7. The van der Waals surface area contributed by atoms with Gasteiger partial charge in [-0.25, -0.2) is 4.79 Å². The van der Waals surface area contributed by atoms with E-state index in [1.54, 1.807) is 74.5 Å². The van der Waals surface area contributed by atoms with Crippen molar-refractivity contribution in [2.24, 2.45) is 5.92 Å². The number of amides is 2. The van der Waals surface area contributed by atoms with Crippen molar-refractivity contribution < 1.29 is 29.1 Å². The summed E-state index contributed by atoms with van der Waals surface area (Å²) in [5.74, 6) is -2.39. The molecule has 1 fully saturated rings. The Morgan fingerprint density at radius 3 is 2.05 bits per heavy atom. The van der Waals surface area contributed by atoms with E-state index in [9.17, 15) is 29.1 Å². The predicted octanol–water partition coefficient (Wildman–Crippen LogP) is 3.72. The van der Waals surface area contributed by atoms with Gasteiger partial charge in [-0.2, -0.15) is 0 Å². The number of hydrogen-bond donors (Lipinski definition) is 2. The van der Waals surface area contributed by atoms with E-state index in [1.807, 2.05) is 0 Å². The third-order valence-corrected chi connectivity index (χ3v) is 8.30. The van der Waals surface area contributed by atoms with Crippen molar-refractivity contribution in [3.05, 3.63) is 71.8 Å². The molecule has 1 heterocycles. The molecule has 2 N–H and O–H groups in total. The summed E-state index contributed by atoms with van der Waals surface area (Å²) >= 11 is 1.73. The molecule has 196 valence electrons. The van der Waals surface area contributed by atoms with Crippen LogP contribution in [0.2, 0.25) is 0 Å². The summed E-state index contributed by atoms with van der Waals surface area (Å²) in [5.41, 5.74) is 0.901. The first-order chi connectivity index (χ1) is 17.7. The van der Waals surface area contributed by atoms with Crippen LogP contribution in [0.5, 0.6) is 0 Å². The van der Waals surface area contributed by atoms with Gasteiger partial charge in [-0.1, -0.05) is 98.0 Å². The fourth-order valence-electron chi connectivity index (χ4n) is 3.97. The van der Waals surface area contributed by atoms with Crippen LogP contribution in [0.4, 0.5) is 0 Å². The number of rotatable bonds is 10. The number of likely N-dealkylation sites (tertiary alicyclic amines) is 1. The molecule has 3 rings (SSSR count). The van der Waals surface area contributed by atoms with Crippen LogP contribution < -0.4 is 5.32 Å². The molecule has 2 amide bonds. The second-order valence-electron chi connectivity index (χ2n) is 8.98. The number of benzene rings is 2. The molecule has 2 aromatic rings. The van der Waals surface area contributed by atoms with Crippen molar-refractivity contribution in [3.8, 4) is 0 Å². The minimum absolute atomic E-state index is 0.0171. The van der Waals surface area contributed by atoms with E-state index in [2.05, 4.69) is 5.32 Å². The zero-order chi connectivity index (χ0) is 26.9. The Morgan fingerprint density at radius 2 is 1.51 bits per heavy atom. The van der Waals surface area contributed by atoms with Crippen molar-refractivity contribution in [3.63, 3.8) is 0 Å². The first-order valence-corrected chi connectivity index (χ1v) is 13.9. The second-order valence-corrected chi connectivity index (χ2v) is 11.2. The average Bonchev–Trinajstić information content (AvgIpc) is 3.40. The normalized spacial score (nSPS) is 16.7.